The Morgan fingerprint density at radius 2 is 1.76 bits per heavy atom. The third-order valence-electron chi connectivity index (χ3n) is 8.12. The van der Waals surface area contributed by atoms with E-state index in [2.05, 4.69) is 0 Å². The van der Waals surface area contributed by atoms with Gasteiger partial charge in [-0.1, -0.05) is 39.8 Å². The fourth-order valence-corrected chi connectivity index (χ4v) is 6.42. The lowest BCUT2D eigenvalue weighted by Gasteiger charge is -2.54. The summed E-state index contributed by atoms with van der Waals surface area (Å²) in [5.41, 5.74) is 1.43. The zero-order chi connectivity index (χ0) is 28.6. The summed E-state index contributed by atoms with van der Waals surface area (Å²) in [5, 5.41) is 45.6. The first kappa shape index (κ1) is 27.3. The van der Waals surface area contributed by atoms with E-state index in [1.807, 2.05) is 20.8 Å². The van der Waals surface area contributed by atoms with Crippen molar-refractivity contribution in [2.24, 2.45) is 17.6 Å². The number of hydrogen-bond acceptors (Lipinski definition) is 10. The molecule has 4 rings (SSSR count). The second-order valence-corrected chi connectivity index (χ2v) is 11.4. The van der Waals surface area contributed by atoms with Gasteiger partial charge in [0, 0.05) is 17.1 Å². The molecule has 6 N–H and O–H groups in total. The number of aliphatic hydroxyl groups excluding tert-OH is 2. The lowest BCUT2D eigenvalue weighted by molar-refractivity contribution is -0.178. The number of nitrogens with two attached hydrogens (primary N) is 1. The minimum absolute atomic E-state index is 0.0222. The molecule has 0 aromatic heterocycles. The summed E-state index contributed by atoms with van der Waals surface area (Å²) >= 11 is 0. The highest BCUT2D eigenvalue weighted by molar-refractivity contribution is 6.24. The van der Waals surface area contributed by atoms with E-state index < -0.39 is 81.1 Å². The molecule has 1 amide bonds. The van der Waals surface area contributed by atoms with Gasteiger partial charge in [0.15, 0.2) is 11.4 Å². The van der Waals surface area contributed by atoms with Gasteiger partial charge in [-0.3, -0.25) is 24.1 Å². The topological polar surface area (TPSA) is 188 Å². The van der Waals surface area contributed by atoms with Crippen molar-refractivity contribution in [3.63, 3.8) is 0 Å². The van der Waals surface area contributed by atoms with Gasteiger partial charge in [0.1, 0.15) is 28.9 Å². The number of benzene rings is 1. The number of phenols is 1. The van der Waals surface area contributed by atoms with Crippen LogP contribution in [0.2, 0.25) is 0 Å². The summed E-state index contributed by atoms with van der Waals surface area (Å²) in [6.45, 7) is 7.37. The first-order valence-electron chi connectivity index (χ1n) is 12.1. The maximum absolute atomic E-state index is 14.1. The lowest BCUT2D eigenvalue weighted by Crippen LogP contribution is -2.70. The molecule has 0 unspecified atom stereocenters. The Balaban J connectivity index is 2.11. The molecule has 11 heteroatoms. The van der Waals surface area contributed by atoms with Crippen molar-refractivity contribution in [2.45, 2.75) is 56.8 Å². The maximum atomic E-state index is 14.1. The molecule has 0 heterocycles. The number of phenolic OH excluding ortho intramolecular Hbond substituents is 1. The highest BCUT2D eigenvalue weighted by atomic mass is 16.5. The largest absolute Gasteiger partial charge is 0.508 e. The molecule has 0 spiro atoms. The Morgan fingerprint density at radius 1 is 1.16 bits per heavy atom. The van der Waals surface area contributed by atoms with Gasteiger partial charge in [0.2, 0.25) is 5.78 Å². The quantitative estimate of drug-likeness (QED) is 0.278. The Bertz CT molecular complexity index is 1340. The number of ketones is 2. The first-order chi connectivity index (χ1) is 17.5. The standard InChI is InChI=1S/C27H32N2O9/c1-10-11-7-8-12(26(2,3)4)19(31)14(11)20(32)15-13(10)22(38-9-30)17-18(29(5)6)21(33)16(25(28)36)24(35)27(17,37)23(15)34/h7-10,13,17-18,22,31-32,35,37H,1-6H3,(H2,28,36)/t10-,13+,17+,18-,22-,27-/m0/s1. The van der Waals surface area contributed by atoms with E-state index in [9.17, 15) is 39.6 Å². The smallest absolute Gasteiger partial charge is 0.293 e. The third-order valence-corrected chi connectivity index (χ3v) is 8.12. The number of carbonyl (C=O) groups is 4. The first-order valence-corrected chi connectivity index (χ1v) is 12.1. The Morgan fingerprint density at radius 3 is 2.26 bits per heavy atom. The zero-order valence-electron chi connectivity index (χ0n) is 22.0. The van der Waals surface area contributed by atoms with Gasteiger partial charge in [-0.15, -0.1) is 0 Å². The SMILES string of the molecule is C[C@H]1c2ccc(C(C)(C)C)c(O)c2C(O)=C2C(=O)[C@]3(O)C(O)=C(C(N)=O)C(=O)[C@@H](N(C)C)[C@@H]3[C@@H](OC=O)[C@@H]21. The number of carbonyl (C=O) groups excluding carboxylic acids is 4. The molecule has 6 atom stereocenters. The molecule has 1 aromatic rings. The fourth-order valence-electron chi connectivity index (χ4n) is 6.42. The number of ether oxygens (including phenoxy) is 1. The number of fused-ring (bicyclic) bond motifs is 3. The molecule has 1 fully saturated rings. The molecule has 204 valence electrons. The van der Waals surface area contributed by atoms with E-state index in [0.29, 0.717) is 11.1 Å². The molecule has 1 aromatic carbocycles. The molecule has 0 aliphatic heterocycles. The van der Waals surface area contributed by atoms with E-state index in [4.69, 9.17) is 10.5 Å². The predicted octanol–water partition coefficient (Wildman–Crippen LogP) is 0.974. The fraction of sp³-hybridized carbons (Fsp3) is 0.481. The van der Waals surface area contributed by atoms with Crippen LogP contribution in [0.3, 0.4) is 0 Å². The molecule has 38 heavy (non-hydrogen) atoms. The van der Waals surface area contributed by atoms with E-state index in [-0.39, 0.29) is 17.8 Å². The van der Waals surface area contributed by atoms with Crippen molar-refractivity contribution in [2.75, 3.05) is 14.1 Å². The summed E-state index contributed by atoms with van der Waals surface area (Å²) in [5.74, 6) is -8.97. The van der Waals surface area contributed by atoms with Crippen LogP contribution in [0.4, 0.5) is 0 Å². The highest BCUT2D eigenvalue weighted by Gasteiger charge is 2.69. The summed E-state index contributed by atoms with van der Waals surface area (Å²) in [6, 6.07) is 2.01. The summed E-state index contributed by atoms with van der Waals surface area (Å²) in [6.07, 6.45) is -1.41. The molecule has 11 nitrogen and oxygen atoms in total. The zero-order valence-corrected chi connectivity index (χ0v) is 22.0. The van der Waals surface area contributed by atoms with Crippen LogP contribution in [0.1, 0.15) is 50.3 Å². The second-order valence-electron chi connectivity index (χ2n) is 11.4. The molecule has 0 saturated heterocycles. The van der Waals surface area contributed by atoms with E-state index in [0.717, 1.165) is 0 Å². The third kappa shape index (κ3) is 3.41. The van der Waals surface area contributed by atoms with Crippen LogP contribution in [0, 0.1) is 11.8 Å². The lowest BCUT2D eigenvalue weighted by atomic mass is 9.54. The number of amides is 1. The van der Waals surface area contributed by atoms with Crippen LogP contribution in [0.25, 0.3) is 5.76 Å². The molecule has 3 aliphatic carbocycles. The number of Topliss-reactive ketones (excluding diaryl/α,β-unsaturated/α-hetero) is 2. The Kier molecular flexibility index (Phi) is 6.24. The number of aliphatic hydroxyl groups is 3. The monoisotopic (exact) mass is 528 g/mol. The molecular formula is C27H32N2O9. The van der Waals surface area contributed by atoms with Crippen LogP contribution >= 0.6 is 0 Å². The normalized spacial score (nSPS) is 31.1. The Labute approximate surface area is 219 Å². The van der Waals surface area contributed by atoms with E-state index in [1.165, 1.54) is 19.0 Å². The molecule has 0 radical (unpaired) electrons. The van der Waals surface area contributed by atoms with Crippen molar-refractivity contribution in [1.82, 2.24) is 4.90 Å². The number of likely N-dealkylation sites (N-methyl/N-ethyl adjacent to an activating group) is 1. The van der Waals surface area contributed by atoms with Gasteiger partial charge in [-0.2, -0.15) is 0 Å². The number of hydrogen-bond donors (Lipinski definition) is 5. The average Bonchev–Trinajstić information content (AvgIpc) is 2.79. The minimum atomic E-state index is -2.95. The van der Waals surface area contributed by atoms with E-state index >= 15 is 0 Å². The Hall–Kier alpha value is -3.70. The number of primary amides is 1. The van der Waals surface area contributed by atoms with Gasteiger partial charge < -0.3 is 30.9 Å². The maximum Gasteiger partial charge on any atom is 0.293 e. The van der Waals surface area contributed by atoms with Crippen molar-refractivity contribution in [3.8, 4) is 5.75 Å². The van der Waals surface area contributed by atoms with Crippen LogP contribution in [-0.4, -0.2) is 81.1 Å². The van der Waals surface area contributed by atoms with Crippen molar-refractivity contribution in [1.29, 1.82) is 0 Å². The van der Waals surface area contributed by atoms with Crippen molar-refractivity contribution < 1.29 is 44.3 Å². The van der Waals surface area contributed by atoms with Crippen molar-refractivity contribution in [3.05, 3.63) is 45.7 Å². The van der Waals surface area contributed by atoms with E-state index in [1.54, 1.807) is 19.1 Å². The molecule has 3 aliphatic rings. The molecular weight excluding hydrogens is 496 g/mol. The van der Waals surface area contributed by atoms with Gasteiger partial charge in [-0.05, 0) is 31.0 Å². The van der Waals surface area contributed by atoms with Gasteiger partial charge >= 0.3 is 0 Å². The van der Waals surface area contributed by atoms with Gasteiger partial charge in [0.05, 0.1) is 17.5 Å². The van der Waals surface area contributed by atoms with Gasteiger partial charge in [-0.25, -0.2) is 0 Å². The van der Waals surface area contributed by atoms with Crippen molar-refractivity contribution >= 4 is 29.7 Å². The second kappa shape index (κ2) is 8.67. The summed E-state index contributed by atoms with van der Waals surface area (Å²) in [4.78, 5) is 52.7. The highest BCUT2D eigenvalue weighted by Crippen LogP contribution is 2.57. The summed E-state index contributed by atoms with van der Waals surface area (Å²) in [7, 11) is 2.92. The number of aromatic hydroxyl groups is 1. The summed E-state index contributed by atoms with van der Waals surface area (Å²) < 4.78 is 5.42. The van der Waals surface area contributed by atoms with Crippen LogP contribution in [0.15, 0.2) is 29.0 Å². The molecule has 1 saturated carbocycles. The van der Waals surface area contributed by atoms with Crippen LogP contribution < -0.4 is 5.73 Å². The number of nitrogens with zero attached hydrogens (tertiary/aromatic N) is 1. The van der Waals surface area contributed by atoms with Gasteiger partial charge in [0.25, 0.3) is 12.4 Å². The van der Waals surface area contributed by atoms with Crippen LogP contribution in [0.5, 0.6) is 5.75 Å². The van der Waals surface area contributed by atoms with Crippen LogP contribution in [-0.2, 0) is 29.3 Å². The average molecular weight is 529 g/mol. The number of rotatable bonds is 4. The molecule has 0 bridgehead atoms. The minimum Gasteiger partial charge on any atom is -0.508 e. The predicted molar refractivity (Wildman–Crippen MR) is 134 cm³/mol.